The van der Waals surface area contributed by atoms with Crippen molar-refractivity contribution in [2.24, 2.45) is 0 Å². The second kappa shape index (κ2) is 10.4. The lowest BCUT2D eigenvalue weighted by atomic mass is 10.0. The minimum Gasteiger partial charge on any atom is -0.352 e. The highest BCUT2D eigenvalue weighted by Crippen LogP contribution is 2.32. The van der Waals surface area contributed by atoms with Gasteiger partial charge < -0.3 is 5.32 Å². The van der Waals surface area contributed by atoms with Crippen LogP contribution in [0.4, 0.5) is 8.78 Å². The molecule has 2 atom stereocenters. The summed E-state index contributed by atoms with van der Waals surface area (Å²) in [7, 11) is 0. The maximum atomic E-state index is 14.7. The molecule has 4 rings (SSSR count). The first-order chi connectivity index (χ1) is 15.9. The number of aromatic nitrogens is 4. The fourth-order valence-electron chi connectivity index (χ4n) is 4.27. The van der Waals surface area contributed by atoms with Gasteiger partial charge in [-0.05, 0) is 73.1 Å². The average Bonchev–Trinajstić information content (AvgIpc) is 3.47. The van der Waals surface area contributed by atoms with E-state index in [-0.39, 0.29) is 24.7 Å². The summed E-state index contributed by atoms with van der Waals surface area (Å²) >= 11 is 6.36. The topological polar surface area (TPSA) is 75.9 Å². The van der Waals surface area contributed by atoms with Crippen LogP contribution in [-0.2, 0) is 11.2 Å². The summed E-state index contributed by atoms with van der Waals surface area (Å²) in [4.78, 5) is 15.5. The van der Waals surface area contributed by atoms with E-state index in [4.69, 9.17) is 11.6 Å². The molecule has 2 aromatic carbocycles. The molecule has 2 unspecified atom stereocenters. The molecule has 1 fully saturated rings. The van der Waals surface area contributed by atoms with Gasteiger partial charge >= 0.3 is 0 Å². The number of aryl methyl sites for hydroxylation is 1. The van der Waals surface area contributed by atoms with Gasteiger partial charge in [0.2, 0.25) is 5.91 Å². The molecule has 1 aromatic heterocycles. The van der Waals surface area contributed by atoms with Gasteiger partial charge in [-0.2, -0.15) is 0 Å². The van der Waals surface area contributed by atoms with Crippen molar-refractivity contribution in [3.05, 3.63) is 76.1 Å². The summed E-state index contributed by atoms with van der Waals surface area (Å²) in [6.07, 6.45) is 2.29. The summed E-state index contributed by atoms with van der Waals surface area (Å²) in [5, 5.41) is 14.8. The molecule has 1 aliphatic rings. The average molecular weight is 475 g/mol. The molecular formula is C23H25ClF2N6O. The number of carbonyl (C=O) groups is 1. The molecule has 10 heteroatoms. The van der Waals surface area contributed by atoms with E-state index in [2.05, 4.69) is 25.7 Å². The second-order valence-electron chi connectivity index (χ2n) is 8.16. The Bertz CT molecular complexity index is 1080. The predicted molar refractivity (Wildman–Crippen MR) is 120 cm³/mol. The Labute approximate surface area is 195 Å². The van der Waals surface area contributed by atoms with Crippen LogP contribution in [0.25, 0.3) is 0 Å². The van der Waals surface area contributed by atoms with Gasteiger partial charge in [0, 0.05) is 23.6 Å². The molecule has 2 heterocycles. The van der Waals surface area contributed by atoms with E-state index in [1.54, 1.807) is 31.2 Å². The number of nitrogens with zero attached hydrogens (tertiary/aromatic N) is 5. The van der Waals surface area contributed by atoms with E-state index < -0.39 is 17.9 Å². The summed E-state index contributed by atoms with van der Waals surface area (Å²) in [6.45, 7) is 3.49. The molecule has 0 aliphatic carbocycles. The highest BCUT2D eigenvalue weighted by Gasteiger charge is 2.30. The van der Waals surface area contributed by atoms with Crippen LogP contribution < -0.4 is 5.32 Å². The molecule has 0 spiro atoms. The molecule has 1 saturated heterocycles. The van der Waals surface area contributed by atoms with Gasteiger partial charge in [0.25, 0.3) is 0 Å². The van der Waals surface area contributed by atoms with Crippen molar-refractivity contribution in [2.45, 2.75) is 38.3 Å². The Kier molecular flexibility index (Phi) is 7.29. The maximum absolute atomic E-state index is 14.7. The van der Waals surface area contributed by atoms with Crippen molar-refractivity contribution >= 4 is 17.5 Å². The highest BCUT2D eigenvalue weighted by molar-refractivity contribution is 6.31. The highest BCUT2D eigenvalue weighted by atomic mass is 35.5. The van der Waals surface area contributed by atoms with Crippen molar-refractivity contribution in [3.8, 4) is 0 Å². The van der Waals surface area contributed by atoms with Gasteiger partial charge in [0.05, 0.1) is 6.04 Å². The van der Waals surface area contributed by atoms with E-state index in [1.807, 2.05) is 0 Å². The van der Waals surface area contributed by atoms with Gasteiger partial charge in [0.15, 0.2) is 0 Å². The van der Waals surface area contributed by atoms with Crippen molar-refractivity contribution < 1.29 is 13.6 Å². The number of carbonyl (C=O) groups excluding carboxylic acids is 1. The van der Waals surface area contributed by atoms with Crippen LogP contribution >= 0.6 is 11.6 Å². The molecule has 0 radical (unpaired) electrons. The molecule has 1 amide bonds. The number of rotatable bonds is 8. The van der Waals surface area contributed by atoms with Crippen LogP contribution in [0.1, 0.15) is 41.9 Å². The zero-order valence-corrected chi connectivity index (χ0v) is 19.0. The Hall–Kier alpha value is -2.91. The number of tetrazole rings is 1. The lowest BCUT2D eigenvalue weighted by Gasteiger charge is -2.30. The number of halogens is 3. The number of amides is 1. The first-order valence-corrected chi connectivity index (χ1v) is 11.3. The van der Waals surface area contributed by atoms with Crippen molar-refractivity contribution in [1.82, 2.24) is 30.4 Å². The third-order valence-corrected chi connectivity index (χ3v) is 6.31. The lowest BCUT2D eigenvalue weighted by Crippen LogP contribution is -2.41. The quantitative estimate of drug-likeness (QED) is 0.539. The SMILES string of the molecule is Cc1nnnn1C(Cc1ccc(F)cc1)C(=O)NCC(c1c(F)cccc1Cl)N1CCCC1. The normalized spacial score (nSPS) is 16.0. The molecule has 1 N–H and O–H groups in total. The van der Waals surface area contributed by atoms with Crippen LogP contribution in [0.3, 0.4) is 0 Å². The first kappa shape index (κ1) is 23.3. The minimum absolute atomic E-state index is 0.181. The number of likely N-dealkylation sites (tertiary alicyclic amines) is 1. The van der Waals surface area contributed by atoms with Gasteiger partial charge in [-0.3, -0.25) is 9.69 Å². The summed E-state index contributed by atoms with van der Waals surface area (Å²) in [5.74, 6) is -0.585. The monoisotopic (exact) mass is 474 g/mol. The number of benzene rings is 2. The van der Waals surface area contributed by atoms with Crippen LogP contribution in [0.2, 0.25) is 5.02 Å². The van der Waals surface area contributed by atoms with Crippen LogP contribution in [-0.4, -0.2) is 50.6 Å². The van der Waals surface area contributed by atoms with Crippen LogP contribution in [0.5, 0.6) is 0 Å². The summed E-state index contributed by atoms with van der Waals surface area (Å²) in [6, 6.07) is 9.41. The van der Waals surface area contributed by atoms with Gasteiger partial charge in [-0.1, -0.05) is 29.8 Å². The summed E-state index contributed by atoms with van der Waals surface area (Å²) in [5.41, 5.74) is 1.15. The van der Waals surface area contributed by atoms with E-state index in [0.29, 0.717) is 16.4 Å². The molecule has 33 heavy (non-hydrogen) atoms. The van der Waals surface area contributed by atoms with Gasteiger partial charge in [-0.15, -0.1) is 5.10 Å². The molecule has 174 valence electrons. The number of hydrogen-bond donors (Lipinski definition) is 1. The van der Waals surface area contributed by atoms with Crippen LogP contribution in [0, 0.1) is 18.6 Å². The minimum atomic E-state index is -0.749. The molecule has 1 aliphatic heterocycles. The number of hydrogen-bond acceptors (Lipinski definition) is 5. The zero-order valence-electron chi connectivity index (χ0n) is 18.2. The fourth-order valence-corrected chi connectivity index (χ4v) is 4.56. The molecular weight excluding hydrogens is 450 g/mol. The van der Waals surface area contributed by atoms with Crippen molar-refractivity contribution in [2.75, 3.05) is 19.6 Å². The lowest BCUT2D eigenvalue weighted by molar-refractivity contribution is -0.125. The van der Waals surface area contributed by atoms with Gasteiger partial charge in [0.1, 0.15) is 23.5 Å². The Balaban J connectivity index is 1.57. The summed E-state index contributed by atoms with van der Waals surface area (Å²) < 4.78 is 29.5. The standard InChI is InChI=1S/C23H25ClF2N6O/c1-15-28-29-30-32(15)20(13-16-7-9-17(25)10-8-16)23(33)27-14-21(31-11-2-3-12-31)22-18(24)5-4-6-19(22)26/h4-10,20-21H,2-3,11-14H2,1H3,(H,27,33). The fraction of sp³-hybridized carbons (Fsp3) is 0.391. The predicted octanol–water partition coefficient (Wildman–Crippen LogP) is 3.65. The second-order valence-corrected chi connectivity index (χ2v) is 8.56. The van der Waals surface area contributed by atoms with Crippen molar-refractivity contribution in [3.63, 3.8) is 0 Å². The van der Waals surface area contributed by atoms with E-state index >= 15 is 0 Å². The van der Waals surface area contributed by atoms with Crippen molar-refractivity contribution in [1.29, 1.82) is 0 Å². The Morgan fingerprint density at radius 3 is 2.52 bits per heavy atom. The molecule has 0 bridgehead atoms. The molecule has 7 nitrogen and oxygen atoms in total. The Morgan fingerprint density at radius 2 is 1.88 bits per heavy atom. The number of nitrogens with one attached hydrogen (secondary N) is 1. The van der Waals surface area contributed by atoms with E-state index in [9.17, 15) is 13.6 Å². The molecule has 3 aromatic rings. The van der Waals surface area contributed by atoms with E-state index in [1.165, 1.54) is 22.9 Å². The molecule has 0 saturated carbocycles. The van der Waals surface area contributed by atoms with E-state index in [0.717, 1.165) is 31.5 Å². The van der Waals surface area contributed by atoms with Gasteiger partial charge in [-0.25, -0.2) is 13.5 Å². The third-order valence-electron chi connectivity index (χ3n) is 5.98. The Morgan fingerprint density at radius 1 is 1.15 bits per heavy atom. The first-order valence-electron chi connectivity index (χ1n) is 10.9. The largest absolute Gasteiger partial charge is 0.352 e. The van der Waals surface area contributed by atoms with Crippen LogP contribution in [0.15, 0.2) is 42.5 Å². The zero-order chi connectivity index (χ0) is 23.4. The third kappa shape index (κ3) is 5.36. The maximum Gasteiger partial charge on any atom is 0.245 e. The smallest absolute Gasteiger partial charge is 0.245 e.